The zero-order valence-electron chi connectivity index (χ0n) is 11.5. The first-order valence-corrected chi connectivity index (χ1v) is 8.28. The van der Waals surface area contributed by atoms with Gasteiger partial charge in [-0.2, -0.15) is 0 Å². The van der Waals surface area contributed by atoms with E-state index in [1.54, 1.807) is 6.07 Å². The maximum absolute atomic E-state index is 12.4. The maximum Gasteiger partial charge on any atom is 0.307 e. The molecule has 0 saturated heterocycles. The van der Waals surface area contributed by atoms with Gasteiger partial charge in [0.15, 0.2) is 0 Å². The predicted octanol–water partition coefficient (Wildman–Crippen LogP) is 3.59. The quantitative estimate of drug-likeness (QED) is 0.612. The number of nitrogens with zero attached hydrogens (tertiary/aromatic N) is 1. The van der Waals surface area contributed by atoms with Crippen LogP contribution in [0.1, 0.15) is 27.7 Å². The largest absolute Gasteiger partial charge is 0.469 e. The van der Waals surface area contributed by atoms with Crippen LogP contribution in [0.25, 0.3) is 0 Å². The summed E-state index contributed by atoms with van der Waals surface area (Å²) < 4.78 is 5.32. The number of hydrogen-bond donors (Lipinski definition) is 1. The Labute approximate surface area is 144 Å². The Hall–Kier alpha value is -1.44. The van der Waals surface area contributed by atoms with E-state index in [4.69, 9.17) is 11.6 Å². The summed E-state index contributed by atoms with van der Waals surface area (Å²) in [6.45, 7) is 0. The van der Waals surface area contributed by atoms with E-state index in [-0.39, 0.29) is 17.1 Å². The molecule has 0 aliphatic rings. The molecule has 0 aromatic carbocycles. The predicted molar refractivity (Wildman–Crippen MR) is 88.1 cm³/mol. The summed E-state index contributed by atoms with van der Waals surface area (Å²) in [6.07, 6.45) is 1.55. The Morgan fingerprint density at radius 1 is 1.55 bits per heavy atom. The first kappa shape index (κ1) is 16.9. The number of ether oxygens (including phenoxy) is 1. The average molecular weight is 404 g/mol. The minimum Gasteiger partial charge on any atom is -0.469 e. The van der Waals surface area contributed by atoms with Crippen LogP contribution in [0.2, 0.25) is 5.15 Å². The van der Waals surface area contributed by atoms with Gasteiger partial charge in [0.1, 0.15) is 5.15 Å². The average Bonchev–Trinajstić information content (AvgIpc) is 3.03. The molecule has 116 valence electrons. The number of amides is 1. The molecule has 0 spiro atoms. The van der Waals surface area contributed by atoms with E-state index in [1.807, 2.05) is 17.5 Å². The van der Waals surface area contributed by atoms with Crippen LogP contribution in [0.5, 0.6) is 0 Å². The highest BCUT2D eigenvalue weighted by molar-refractivity contribution is 9.10. The smallest absolute Gasteiger partial charge is 0.307 e. The van der Waals surface area contributed by atoms with Crippen molar-refractivity contribution in [2.24, 2.45) is 0 Å². The van der Waals surface area contributed by atoms with Crippen LogP contribution in [0.15, 0.2) is 34.2 Å². The van der Waals surface area contributed by atoms with E-state index < -0.39 is 17.9 Å². The second-order valence-electron chi connectivity index (χ2n) is 4.31. The van der Waals surface area contributed by atoms with E-state index in [9.17, 15) is 9.59 Å². The molecule has 2 aromatic rings. The fourth-order valence-electron chi connectivity index (χ4n) is 1.78. The van der Waals surface area contributed by atoms with Crippen molar-refractivity contribution < 1.29 is 14.3 Å². The van der Waals surface area contributed by atoms with Crippen molar-refractivity contribution in [1.82, 2.24) is 10.3 Å². The van der Waals surface area contributed by atoms with Crippen LogP contribution in [0.4, 0.5) is 0 Å². The van der Waals surface area contributed by atoms with Crippen molar-refractivity contribution >= 4 is 50.7 Å². The van der Waals surface area contributed by atoms with E-state index in [2.05, 4.69) is 31.0 Å². The summed E-state index contributed by atoms with van der Waals surface area (Å²) in [6, 6.07) is 4.80. The molecule has 8 heteroatoms. The minimum absolute atomic E-state index is 0.0435. The Morgan fingerprint density at radius 2 is 2.32 bits per heavy atom. The molecular formula is C14H12BrClN2O3S. The number of carbonyl (C=O) groups is 2. The zero-order valence-corrected chi connectivity index (χ0v) is 14.7. The fraction of sp³-hybridized carbons (Fsp3) is 0.214. The van der Waals surface area contributed by atoms with Crippen molar-refractivity contribution in [3.8, 4) is 0 Å². The number of aromatic nitrogens is 1. The molecule has 2 heterocycles. The van der Waals surface area contributed by atoms with Crippen LogP contribution >= 0.6 is 38.9 Å². The van der Waals surface area contributed by atoms with Crippen LogP contribution in [0.3, 0.4) is 0 Å². The molecule has 2 rings (SSSR count). The molecule has 22 heavy (non-hydrogen) atoms. The third kappa shape index (κ3) is 4.28. The topological polar surface area (TPSA) is 68.3 Å². The number of nitrogens with one attached hydrogen (secondary N) is 1. The van der Waals surface area contributed by atoms with Gasteiger partial charge in [-0.1, -0.05) is 17.7 Å². The van der Waals surface area contributed by atoms with Gasteiger partial charge >= 0.3 is 5.97 Å². The lowest BCUT2D eigenvalue weighted by Crippen LogP contribution is -2.30. The van der Waals surface area contributed by atoms with Crippen molar-refractivity contribution in [2.75, 3.05) is 7.11 Å². The number of esters is 1. The first-order chi connectivity index (χ1) is 10.5. The fourth-order valence-corrected chi connectivity index (χ4v) is 3.08. The highest BCUT2D eigenvalue weighted by Crippen LogP contribution is 2.24. The van der Waals surface area contributed by atoms with Gasteiger partial charge in [-0.05, 0) is 33.4 Å². The molecule has 0 aliphatic heterocycles. The second-order valence-corrected chi connectivity index (χ2v) is 6.57. The van der Waals surface area contributed by atoms with Crippen LogP contribution in [0, 0.1) is 0 Å². The molecule has 1 amide bonds. The lowest BCUT2D eigenvalue weighted by molar-refractivity contribution is -0.141. The zero-order chi connectivity index (χ0) is 16.1. The van der Waals surface area contributed by atoms with E-state index in [0.29, 0.717) is 4.47 Å². The minimum atomic E-state index is -0.477. The van der Waals surface area contributed by atoms with E-state index >= 15 is 0 Å². The molecule has 0 radical (unpaired) electrons. The van der Waals surface area contributed by atoms with Gasteiger partial charge in [0, 0.05) is 15.5 Å². The molecule has 2 aromatic heterocycles. The van der Waals surface area contributed by atoms with Crippen LogP contribution in [-0.2, 0) is 9.53 Å². The Bertz CT molecular complexity index is 679. The van der Waals surface area contributed by atoms with Gasteiger partial charge < -0.3 is 10.1 Å². The van der Waals surface area contributed by atoms with E-state index in [1.165, 1.54) is 24.6 Å². The second kappa shape index (κ2) is 7.71. The SMILES string of the molecule is COC(=O)CC(NC(=O)c1cc(Br)cnc1Cl)c1cccs1. The molecule has 0 fully saturated rings. The third-order valence-corrected chi connectivity index (χ3v) is 4.56. The molecule has 0 saturated carbocycles. The van der Waals surface area contributed by atoms with Gasteiger partial charge in [0.25, 0.3) is 5.91 Å². The molecule has 1 unspecified atom stereocenters. The number of halogens is 2. The molecule has 1 N–H and O–H groups in total. The van der Waals surface area contributed by atoms with Crippen molar-refractivity contribution in [2.45, 2.75) is 12.5 Å². The van der Waals surface area contributed by atoms with Crippen molar-refractivity contribution in [3.63, 3.8) is 0 Å². The van der Waals surface area contributed by atoms with Gasteiger partial charge in [-0.15, -0.1) is 11.3 Å². The first-order valence-electron chi connectivity index (χ1n) is 6.23. The lowest BCUT2D eigenvalue weighted by atomic mass is 10.1. The number of hydrogen-bond acceptors (Lipinski definition) is 5. The number of methoxy groups -OCH3 is 1. The van der Waals surface area contributed by atoms with Gasteiger partial charge in [0.2, 0.25) is 0 Å². The molecular weight excluding hydrogens is 392 g/mol. The van der Waals surface area contributed by atoms with Gasteiger partial charge in [0.05, 0.1) is 25.1 Å². The molecule has 0 bridgehead atoms. The van der Waals surface area contributed by atoms with Crippen molar-refractivity contribution in [1.29, 1.82) is 0 Å². The number of carbonyl (C=O) groups excluding carboxylic acids is 2. The van der Waals surface area contributed by atoms with E-state index in [0.717, 1.165) is 4.88 Å². The Kier molecular flexibility index (Phi) is 5.93. The number of pyridine rings is 1. The Morgan fingerprint density at radius 3 is 2.95 bits per heavy atom. The molecule has 5 nitrogen and oxygen atoms in total. The summed E-state index contributed by atoms with van der Waals surface area (Å²) >= 11 is 10.6. The molecule has 1 atom stereocenters. The summed E-state index contributed by atoms with van der Waals surface area (Å²) in [7, 11) is 1.31. The highest BCUT2D eigenvalue weighted by Gasteiger charge is 2.22. The summed E-state index contributed by atoms with van der Waals surface area (Å²) in [5, 5.41) is 4.77. The third-order valence-electron chi connectivity index (χ3n) is 2.84. The summed E-state index contributed by atoms with van der Waals surface area (Å²) in [5.41, 5.74) is 0.238. The summed E-state index contributed by atoms with van der Waals surface area (Å²) in [5.74, 6) is -0.807. The lowest BCUT2D eigenvalue weighted by Gasteiger charge is -2.16. The molecule has 0 aliphatic carbocycles. The summed E-state index contributed by atoms with van der Waals surface area (Å²) in [4.78, 5) is 28.7. The monoisotopic (exact) mass is 402 g/mol. The van der Waals surface area contributed by atoms with Crippen molar-refractivity contribution in [3.05, 3.63) is 49.8 Å². The van der Waals surface area contributed by atoms with Gasteiger partial charge in [-0.25, -0.2) is 4.98 Å². The van der Waals surface area contributed by atoms with Crippen LogP contribution < -0.4 is 5.32 Å². The van der Waals surface area contributed by atoms with Gasteiger partial charge in [-0.3, -0.25) is 9.59 Å². The highest BCUT2D eigenvalue weighted by atomic mass is 79.9. The normalized spacial score (nSPS) is 11.8. The Balaban J connectivity index is 2.21. The standard InChI is InChI=1S/C14H12BrClN2O3S/c1-21-12(19)6-10(11-3-2-4-22-11)18-14(20)9-5-8(15)7-17-13(9)16/h2-5,7,10H,6H2,1H3,(H,18,20). The number of thiophene rings is 1. The van der Waals surface area contributed by atoms with Crippen LogP contribution in [-0.4, -0.2) is 24.0 Å². The number of rotatable bonds is 5. The maximum atomic E-state index is 12.4.